The molecule has 0 aromatic carbocycles. The van der Waals surface area contributed by atoms with Crippen molar-refractivity contribution < 1.29 is 0 Å². The normalized spacial score (nSPS) is 11.7. The Kier molecular flexibility index (Phi) is 2.01. The Morgan fingerprint density at radius 1 is 1.41 bits per heavy atom. The first-order chi connectivity index (χ1) is 8.16. The van der Waals surface area contributed by atoms with E-state index in [0.29, 0.717) is 11.3 Å². The summed E-state index contributed by atoms with van der Waals surface area (Å²) in [5, 5.41) is 5.04. The summed E-state index contributed by atoms with van der Waals surface area (Å²) in [5.74, 6) is 0.341. The first-order valence-corrected chi connectivity index (χ1v) is 5.53. The van der Waals surface area contributed by atoms with Gasteiger partial charge in [0.15, 0.2) is 5.65 Å². The molecule has 3 aromatic heterocycles. The van der Waals surface area contributed by atoms with Gasteiger partial charge in [-0.15, -0.1) is 0 Å². The Morgan fingerprint density at radius 3 is 3.00 bits per heavy atom. The molecule has 0 aliphatic carbocycles. The minimum absolute atomic E-state index is 0.140. The third-order valence-corrected chi connectivity index (χ3v) is 2.83. The lowest BCUT2D eigenvalue weighted by atomic mass is 10.1. The second kappa shape index (κ2) is 3.41. The van der Waals surface area contributed by atoms with Crippen LogP contribution in [0.5, 0.6) is 0 Å². The number of nitrogens with one attached hydrogen (secondary N) is 1. The summed E-state index contributed by atoms with van der Waals surface area (Å²) >= 11 is 0. The van der Waals surface area contributed by atoms with Crippen LogP contribution in [0.3, 0.4) is 0 Å². The zero-order valence-corrected chi connectivity index (χ0v) is 9.64. The molecule has 0 unspecified atom stereocenters. The number of hydrogen-bond acceptors (Lipinski definition) is 3. The molecule has 0 aliphatic rings. The van der Waals surface area contributed by atoms with E-state index in [9.17, 15) is 4.79 Å². The number of aromatic amines is 1. The Hall–Kier alpha value is -2.17. The monoisotopic (exact) mass is 228 g/mol. The van der Waals surface area contributed by atoms with Crippen LogP contribution >= 0.6 is 0 Å². The Balaban J connectivity index is 2.47. The second-order valence-electron chi connectivity index (χ2n) is 4.36. The first kappa shape index (κ1) is 10.0. The van der Waals surface area contributed by atoms with Gasteiger partial charge >= 0.3 is 0 Å². The zero-order valence-electron chi connectivity index (χ0n) is 9.64. The van der Waals surface area contributed by atoms with Crippen LogP contribution in [0, 0.1) is 0 Å². The Bertz CT molecular complexity index is 754. The van der Waals surface area contributed by atoms with E-state index < -0.39 is 0 Å². The summed E-state index contributed by atoms with van der Waals surface area (Å²) in [5.41, 5.74) is 2.39. The van der Waals surface area contributed by atoms with E-state index in [2.05, 4.69) is 28.9 Å². The van der Waals surface area contributed by atoms with Crippen molar-refractivity contribution >= 4 is 16.6 Å². The van der Waals surface area contributed by atoms with Gasteiger partial charge in [0.05, 0.1) is 16.6 Å². The van der Waals surface area contributed by atoms with Gasteiger partial charge in [-0.2, -0.15) is 5.10 Å². The lowest BCUT2D eigenvalue weighted by molar-refractivity contribution is 0.795. The molecule has 0 saturated carbocycles. The topological polar surface area (TPSA) is 63.0 Å². The molecule has 3 aromatic rings. The summed E-state index contributed by atoms with van der Waals surface area (Å²) < 4.78 is 1.72. The SMILES string of the molecule is CC(C)c1cc2ncc3c(=O)[nH]ccc3n2n1. The summed E-state index contributed by atoms with van der Waals surface area (Å²) in [6.45, 7) is 4.16. The van der Waals surface area contributed by atoms with Crippen molar-refractivity contribution in [3.63, 3.8) is 0 Å². The van der Waals surface area contributed by atoms with Crippen LogP contribution in [-0.4, -0.2) is 19.6 Å². The molecule has 0 bridgehead atoms. The molecule has 0 amide bonds. The molecule has 3 heterocycles. The highest BCUT2D eigenvalue weighted by molar-refractivity contribution is 5.78. The highest BCUT2D eigenvalue weighted by Gasteiger charge is 2.09. The number of fused-ring (bicyclic) bond motifs is 3. The zero-order chi connectivity index (χ0) is 12.0. The molecule has 0 radical (unpaired) electrons. The highest BCUT2D eigenvalue weighted by Crippen LogP contribution is 2.17. The van der Waals surface area contributed by atoms with E-state index in [-0.39, 0.29) is 5.56 Å². The van der Waals surface area contributed by atoms with Crippen LogP contribution in [0.1, 0.15) is 25.5 Å². The van der Waals surface area contributed by atoms with Crippen molar-refractivity contribution in [3.05, 3.63) is 40.6 Å². The maximum Gasteiger partial charge on any atom is 0.258 e. The van der Waals surface area contributed by atoms with Gasteiger partial charge < -0.3 is 4.98 Å². The molecule has 0 fully saturated rings. The lowest BCUT2D eigenvalue weighted by Crippen LogP contribution is -2.07. The average molecular weight is 228 g/mol. The number of nitrogens with zero attached hydrogens (tertiary/aromatic N) is 3. The Labute approximate surface area is 97.1 Å². The van der Waals surface area contributed by atoms with E-state index in [1.807, 2.05) is 12.1 Å². The summed E-state index contributed by atoms with van der Waals surface area (Å²) in [6, 6.07) is 3.79. The molecule has 3 rings (SSSR count). The largest absolute Gasteiger partial charge is 0.328 e. The van der Waals surface area contributed by atoms with Gasteiger partial charge in [-0.1, -0.05) is 13.8 Å². The van der Waals surface area contributed by atoms with Gasteiger partial charge in [-0.05, 0) is 12.0 Å². The van der Waals surface area contributed by atoms with Crippen LogP contribution < -0.4 is 5.56 Å². The molecule has 5 nitrogen and oxygen atoms in total. The molecule has 0 aliphatic heterocycles. The van der Waals surface area contributed by atoms with Crippen molar-refractivity contribution in [1.29, 1.82) is 0 Å². The predicted molar refractivity (Wildman–Crippen MR) is 65.2 cm³/mol. The van der Waals surface area contributed by atoms with E-state index >= 15 is 0 Å². The van der Waals surface area contributed by atoms with Crippen molar-refractivity contribution in [1.82, 2.24) is 19.6 Å². The van der Waals surface area contributed by atoms with Crippen molar-refractivity contribution in [2.24, 2.45) is 0 Å². The van der Waals surface area contributed by atoms with Crippen LogP contribution in [0.15, 0.2) is 29.3 Å². The highest BCUT2D eigenvalue weighted by atomic mass is 16.1. The lowest BCUT2D eigenvalue weighted by Gasteiger charge is -1.99. The minimum Gasteiger partial charge on any atom is -0.328 e. The predicted octanol–water partition coefficient (Wildman–Crippen LogP) is 1.69. The molecule has 1 N–H and O–H groups in total. The van der Waals surface area contributed by atoms with E-state index in [1.165, 1.54) is 0 Å². The van der Waals surface area contributed by atoms with Gasteiger partial charge in [0.25, 0.3) is 5.56 Å². The molecule has 0 saturated heterocycles. The van der Waals surface area contributed by atoms with Gasteiger partial charge in [0.2, 0.25) is 0 Å². The maximum atomic E-state index is 11.6. The summed E-state index contributed by atoms with van der Waals surface area (Å²) in [4.78, 5) is 18.5. The second-order valence-corrected chi connectivity index (χ2v) is 4.36. The molecule has 0 spiro atoms. The smallest absolute Gasteiger partial charge is 0.258 e. The minimum atomic E-state index is -0.140. The molecular formula is C12H12N4O. The third-order valence-electron chi connectivity index (χ3n) is 2.83. The standard InChI is InChI=1S/C12H12N4O/c1-7(2)9-5-11-14-6-8-10(16(11)15-9)3-4-13-12(8)17/h3-7H,1-2H3,(H,13,17). The van der Waals surface area contributed by atoms with Gasteiger partial charge in [0, 0.05) is 18.5 Å². The number of aromatic nitrogens is 4. The van der Waals surface area contributed by atoms with Crippen molar-refractivity contribution in [2.75, 3.05) is 0 Å². The van der Waals surface area contributed by atoms with Crippen LogP contribution in [-0.2, 0) is 0 Å². The van der Waals surface area contributed by atoms with E-state index in [0.717, 1.165) is 16.9 Å². The number of pyridine rings is 1. The maximum absolute atomic E-state index is 11.6. The fraction of sp³-hybridized carbons (Fsp3) is 0.250. The molecule has 17 heavy (non-hydrogen) atoms. The average Bonchev–Trinajstić information content (AvgIpc) is 2.73. The number of hydrogen-bond donors (Lipinski definition) is 1. The van der Waals surface area contributed by atoms with Crippen LogP contribution in [0.2, 0.25) is 0 Å². The van der Waals surface area contributed by atoms with Crippen LogP contribution in [0.25, 0.3) is 16.6 Å². The third kappa shape index (κ3) is 1.43. The Morgan fingerprint density at radius 2 is 2.24 bits per heavy atom. The van der Waals surface area contributed by atoms with E-state index in [4.69, 9.17) is 0 Å². The van der Waals surface area contributed by atoms with Crippen molar-refractivity contribution in [2.45, 2.75) is 19.8 Å². The van der Waals surface area contributed by atoms with Crippen LogP contribution in [0.4, 0.5) is 0 Å². The van der Waals surface area contributed by atoms with Crippen molar-refractivity contribution in [3.8, 4) is 0 Å². The first-order valence-electron chi connectivity index (χ1n) is 5.53. The molecule has 86 valence electrons. The van der Waals surface area contributed by atoms with Gasteiger partial charge in [-0.3, -0.25) is 4.79 Å². The molecule has 5 heteroatoms. The number of H-pyrrole nitrogens is 1. The summed E-state index contributed by atoms with van der Waals surface area (Å²) in [7, 11) is 0. The molecule has 0 atom stereocenters. The number of rotatable bonds is 1. The molecular weight excluding hydrogens is 216 g/mol. The quantitative estimate of drug-likeness (QED) is 0.689. The fourth-order valence-electron chi connectivity index (χ4n) is 1.86. The van der Waals surface area contributed by atoms with E-state index in [1.54, 1.807) is 16.9 Å². The van der Waals surface area contributed by atoms with Gasteiger partial charge in [0.1, 0.15) is 0 Å². The summed E-state index contributed by atoms with van der Waals surface area (Å²) in [6.07, 6.45) is 3.22. The fourth-order valence-corrected chi connectivity index (χ4v) is 1.86. The van der Waals surface area contributed by atoms with Gasteiger partial charge in [-0.25, -0.2) is 9.50 Å².